The summed E-state index contributed by atoms with van der Waals surface area (Å²) in [5, 5.41) is 16.9. The van der Waals surface area contributed by atoms with Crippen molar-refractivity contribution in [3.63, 3.8) is 0 Å². The lowest BCUT2D eigenvalue weighted by Crippen LogP contribution is -2.48. The number of hydrogen-bond acceptors (Lipinski definition) is 5. The number of aliphatic hydroxyl groups excluding tert-OH is 1. The number of halogens is 2. The Morgan fingerprint density at radius 3 is 2.62 bits per heavy atom. The highest BCUT2D eigenvalue weighted by Gasteiger charge is 2.55. The molecule has 2 unspecified atom stereocenters. The molecule has 24 heavy (non-hydrogen) atoms. The van der Waals surface area contributed by atoms with Crippen LogP contribution < -0.4 is 15.5 Å². The summed E-state index contributed by atoms with van der Waals surface area (Å²) in [6, 6.07) is 3.28. The average Bonchev–Trinajstić information content (AvgIpc) is 3.24. The zero-order valence-electron chi connectivity index (χ0n) is 12.8. The second kappa shape index (κ2) is 5.68. The number of nitrogens with one attached hydrogen (secondary N) is 2. The number of aliphatic hydroxyl groups is 1. The lowest BCUT2D eigenvalue weighted by molar-refractivity contribution is -0.131. The number of benzene rings is 1. The topological polar surface area (TPSA) is 81.7 Å². The van der Waals surface area contributed by atoms with Gasteiger partial charge in [-0.2, -0.15) is 0 Å². The van der Waals surface area contributed by atoms with E-state index in [-0.39, 0.29) is 11.8 Å². The van der Waals surface area contributed by atoms with Crippen molar-refractivity contribution in [2.45, 2.75) is 17.9 Å². The number of rotatable bonds is 1. The maximum atomic E-state index is 13.2. The Balaban J connectivity index is 1.83. The minimum Gasteiger partial charge on any atom is -0.391 e. The Morgan fingerprint density at radius 2 is 2.00 bits per heavy atom. The molecule has 1 spiro atoms. The van der Waals surface area contributed by atoms with Gasteiger partial charge in [0, 0.05) is 19.6 Å². The molecule has 128 valence electrons. The predicted molar refractivity (Wildman–Crippen MR) is 90.5 cm³/mol. The Labute approximate surface area is 149 Å². The van der Waals surface area contributed by atoms with Gasteiger partial charge >= 0.3 is 0 Å². The number of carbonyl (C=O) groups excluding carboxylic acids is 2. The van der Waals surface area contributed by atoms with E-state index in [2.05, 4.69) is 10.6 Å². The van der Waals surface area contributed by atoms with Crippen LogP contribution in [0, 0.1) is 5.92 Å². The van der Waals surface area contributed by atoms with E-state index in [1.165, 1.54) is 4.90 Å². The van der Waals surface area contributed by atoms with Crippen LogP contribution in [0.1, 0.15) is 12.0 Å². The first kappa shape index (κ1) is 16.3. The zero-order valence-corrected chi connectivity index (χ0v) is 14.3. The van der Waals surface area contributed by atoms with Crippen LogP contribution in [0.5, 0.6) is 0 Å². The van der Waals surface area contributed by atoms with E-state index in [4.69, 9.17) is 23.2 Å². The fourth-order valence-electron chi connectivity index (χ4n) is 3.95. The third-order valence-corrected chi connectivity index (χ3v) is 6.00. The number of hydrogen-bond donors (Lipinski definition) is 3. The fraction of sp³-hybridized carbons (Fsp3) is 0.500. The molecule has 0 aliphatic carbocycles. The van der Waals surface area contributed by atoms with Crippen molar-refractivity contribution in [3.8, 4) is 0 Å². The molecule has 1 aromatic carbocycles. The third kappa shape index (κ3) is 2.14. The maximum absolute atomic E-state index is 13.2. The van der Waals surface area contributed by atoms with E-state index >= 15 is 0 Å². The minimum atomic E-state index is -0.797. The lowest BCUT2D eigenvalue weighted by Gasteiger charge is -2.24. The summed E-state index contributed by atoms with van der Waals surface area (Å²) in [6.45, 7) is 1.86. The van der Waals surface area contributed by atoms with Gasteiger partial charge in [0.2, 0.25) is 11.8 Å². The van der Waals surface area contributed by atoms with Gasteiger partial charge < -0.3 is 15.7 Å². The molecule has 3 aliphatic rings. The Hall–Kier alpha value is -1.18. The highest BCUT2D eigenvalue weighted by atomic mass is 35.5. The Kier molecular flexibility index (Phi) is 3.85. The number of imide groups is 1. The summed E-state index contributed by atoms with van der Waals surface area (Å²) < 4.78 is 0. The normalized spacial score (nSPS) is 32.0. The molecular formula is C16H17Cl2N3O3. The smallest absolute Gasteiger partial charge is 0.245 e. The summed E-state index contributed by atoms with van der Waals surface area (Å²) in [6.07, 6.45) is -0.193. The van der Waals surface area contributed by atoms with E-state index in [1.54, 1.807) is 12.1 Å². The number of amides is 2. The minimum absolute atomic E-state index is 0.259. The van der Waals surface area contributed by atoms with Crippen molar-refractivity contribution in [1.29, 1.82) is 0 Å². The molecule has 2 saturated heterocycles. The van der Waals surface area contributed by atoms with Crippen molar-refractivity contribution < 1.29 is 14.7 Å². The van der Waals surface area contributed by atoms with Gasteiger partial charge in [-0.3, -0.25) is 9.59 Å². The van der Waals surface area contributed by atoms with E-state index in [9.17, 15) is 14.7 Å². The van der Waals surface area contributed by atoms with Gasteiger partial charge in [0.1, 0.15) is 0 Å². The molecule has 0 aromatic heterocycles. The number of nitrogens with zero attached hydrogens (tertiary/aromatic N) is 1. The monoisotopic (exact) mass is 369 g/mol. The molecule has 2 amide bonds. The first-order valence-electron chi connectivity index (χ1n) is 7.93. The zero-order chi connectivity index (χ0) is 17.1. The summed E-state index contributed by atoms with van der Waals surface area (Å²) in [4.78, 5) is 27.4. The second-order valence-corrected chi connectivity index (χ2v) is 7.42. The molecule has 0 saturated carbocycles. The standard InChI is InChI=1S/C16H17Cl2N3O3/c17-10-3-9-12(4-11(10)18)21(14(23)8-5-20-6-13(8)22)15(24)16(9)1-2-19-7-16/h3-4,8,13,19-20,22H,1-2,5-7H2/t8?,13?,16-/m1/s1. The number of carbonyl (C=O) groups is 2. The van der Waals surface area contributed by atoms with E-state index in [0.29, 0.717) is 48.3 Å². The largest absolute Gasteiger partial charge is 0.391 e. The molecule has 0 bridgehead atoms. The van der Waals surface area contributed by atoms with Gasteiger partial charge in [0.25, 0.3) is 0 Å². The van der Waals surface area contributed by atoms with Crippen LogP contribution in [0.25, 0.3) is 0 Å². The molecule has 4 rings (SSSR count). The predicted octanol–water partition coefficient (Wildman–Crippen LogP) is 0.678. The number of fused-ring (bicyclic) bond motifs is 2. The summed E-state index contributed by atoms with van der Waals surface area (Å²) in [5.41, 5.74) is 0.443. The molecule has 2 fully saturated rings. The van der Waals surface area contributed by atoms with Crippen molar-refractivity contribution >= 4 is 40.7 Å². The molecule has 8 heteroatoms. The highest BCUT2D eigenvalue weighted by Crippen LogP contribution is 2.48. The van der Waals surface area contributed by atoms with E-state index < -0.39 is 17.4 Å². The second-order valence-electron chi connectivity index (χ2n) is 6.60. The van der Waals surface area contributed by atoms with Crippen LogP contribution in [0.4, 0.5) is 5.69 Å². The molecule has 6 nitrogen and oxygen atoms in total. The molecule has 1 aromatic rings. The number of β-amino-alcohol motifs (C(OH)–C–C–N with tert-alkyl or cyclic N) is 1. The van der Waals surface area contributed by atoms with Crippen LogP contribution >= 0.6 is 23.2 Å². The first-order chi connectivity index (χ1) is 11.5. The van der Waals surface area contributed by atoms with Gasteiger partial charge in [-0.15, -0.1) is 0 Å². The van der Waals surface area contributed by atoms with Gasteiger partial charge in [-0.05, 0) is 30.7 Å². The third-order valence-electron chi connectivity index (χ3n) is 5.28. The van der Waals surface area contributed by atoms with Crippen LogP contribution in [0.2, 0.25) is 10.0 Å². The van der Waals surface area contributed by atoms with E-state index in [1.807, 2.05) is 0 Å². The van der Waals surface area contributed by atoms with Crippen molar-refractivity contribution in [2.24, 2.45) is 5.92 Å². The van der Waals surface area contributed by atoms with Crippen LogP contribution in [-0.4, -0.2) is 49.2 Å². The highest BCUT2D eigenvalue weighted by molar-refractivity contribution is 6.42. The van der Waals surface area contributed by atoms with Gasteiger partial charge in [-0.25, -0.2) is 4.90 Å². The molecule has 3 N–H and O–H groups in total. The van der Waals surface area contributed by atoms with Gasteiger partial charge in [0.15, 0.2) is 0 Å². The van der Waals surface area contributed by atoms with Gasteiger partial charge in [0.05, 0.1) is 33.2 Å². The summed E-state index contributed by atoms with van der Waals surface area (Å²) in [7, 11) is 0. The van der Waals surface area contributed by atoms with Crippen LogP contribution in [0.3, 0.4) is 0 Å². The van der Waals surface area contributed by atoms with Gasteiger partial charge in [-0.1, -0.05) is 23.2 Å². The van der Waals surface area contributed by atoms with Crippen molar-refractivity contribution in [2.75, 3.05) is 31.1 Å². The summed E-state index contributed by atoms with van der Waals surface area (Å²) >= 11 is 12.3. The quantitative estimate of drug-likeness (QED) is 0.634. The lowest BCUT2D eigenvalue weighted by atomic mass is 9.81. The molecular weight excluding hydrogens is 353 g/mol. The van der Waals surface area contributed by atoms with Crippen molar-refractivity contribution in [1.82, 2.24) is 10.6 Å². The number of anilines is 1. The van der Waals surface area contributed by atoms with E-state index in [0.717, 1.165) is 5.56 Å². The molecule has 3 heterocycles. The maximum Gasteiger partial charge on any atom is 0.245 e. The molecule has 3 aliphatic heterocycles. The average molecular weight is 370 g/mol. The SMILES string of the molecule is O=C(C1CNCC1O)N1C(=O)[C@@]2(CCNC2)c2cc(Cl)c(Cl)cc21. The van der Waals surface area contributed by atoms with Crippen LogP contribution in [-0.2, 0) is 15.0 Å². The van der Waals surface area contributed by atoms with Crippen LogP contribution in [0.15, 0.2) is 12.1 Å². The molecule has 0 radical (unpaired) electrons. The molecule has 3 atom stereocenters. The van der Waals surface area contributed by atoms with Crippen molar-refractivity contribution in [3.05, 3.63) is 27.7 Å². The fourth-order valence-corrected chi connectivity index (χ4v) is 4.27. The Bertz CT molecular complexity index is 734. The Morgan fingerprint density at radius 1 is 1.25 bits per heavy atom. The summed E-state index contributed by atoms with van der Waals surface area (Å²) in [5.74, 6) is -1.29. The first-order valence-corrected chi connectivity index (χ1v) is 8.69.